The van der Waals surface area contributed by atoms with Gasteiger partial charge in [0.1, 0.15) is 0 Å². The second-order valence-electron chi connectivity index (χ2n) is 13.0. The molecule has 7 aromatic carbocycles. The molecule has 8 aromatic rings. The second-order valence-corrected chi connectivity index (χ2v) is 13.0. The van der Waals surface area contributed by atoms with Crippen LogP contribution in [0.25, 0.3) is 62.0 Å². The number of rotatable bonds is 5. The number of amidine groups is 1. The third kappa shape index (κ3) is 5.96. The summed E-state index contributed by atoms with van der Waals surface area (Å²) >= 11 is 0. The van der Waals surface area contributed by atoms with Crippen molar-refractivity contribution in [2.75, 3.05) is 5.32 Å². The van der Waals surface area contributed by atoms with E-state index in [1.807, 2.05) is 37.3 Å². The van der Waals surface area contributed by atoms with Crippen LogP contribution < -0.4 is 15.9 Å². The van der Waals surface area contributed by atoms with E-state index in [1.54, 1.807) is 0 Å². The zero-order valence-corrected chi connectivity index (χ0v) is 29.3. The number of fused-ring (bicyclic) bond motifs is 8. The Labute approximate surface area is 308 Å². The number of nitrogens with zero attached hydrogens (tertiary/aromatic N) is 3. The molecule has 1 aromatic heterocycles. The van der Waals surface area contributed by atoms with Crippen LogP contribution in [0.2, 0.25) is 0 Å². The molecule has 0 bridgehead atoms. The summed E-state index contributed by atoms with van der Waals surface area (Å²) in [5, 5.41) is 9.11. The maximum absolute atomic E-state index is 5.38. The van der Waals surface area contributed by atoms with E-state index < -0.39 is 0 Å². The molecule has 0 saturated carbocycles. The fourth-order valence-electron chi connectivity index (χ4n) is 7.27. The molecule has 4 heteroatoms. The zero-order chi connectivity index (χ0) is 35.6. The quantitative estimate of drug-likeness (QED) is 0.181. The van der Waals surface area contributed by atoms with E-state index in [4.69, 9.17) is 9.98 Å². The fraction of sp³-hybridized carbons (Fsp3) is 0.0204. The van der Waals surface area contributed by atoms with Crippen molar-refractivity contribution in [2.45, 2.75) is 6.92 Å². The Balaban J connectivity index is 1.43. The Bertz CT molecular complexity index is 2840. The molecule has 4 nitrogen and oxygen atoms in total. The molecule has 1 aliphatic heterocycles. The monoisotopic (exact) mass is 680 g/mol. The summed E-state index contributed by atoms with van der Waals surface area (Å²) < 4.78 is 2.42. The molecule has 9 rings (SSSR count). The second kappa shape index (κ2) is 13.9. The van der Waals surface area contributed by atoms with Crippen LogP contribution >= 0.6 is 0 Å². The van der Waals surface area contributed by atoms with E-state index >= 15 is 0 Å². The SMILES string of the molecule is C/C=C\C=C/c1cc2c3c(n(-c4ccc(-c5ccccc5)cc4)c2c2ccccc12)-c1ccccc1N=C(c1ccccc1)N=c1cccc/c1=C\N3. The lowest BCUT2D eigenvalue weighted by Gasteiger charge is -2.16. The summed E-state index contributed by atoms with van der Waals surface area (Å²) in [6, 6.07) is 57.4. The van der Waals surface area contributed by atoms with Crippen LogP contribution in [0.1, 0.15) is 18.1 Å². The van der Waals surface area contributed by atoms with Crippen molar-refractivity contribution in [3.05, 3.63) is 204 Å². The molecule has 0 atom stereocenters. The lowest BCUT2D eigenvalue weighted by molar-refractivity contribution is 1.14. The van der Waals surface area contributed by atoms with Crippen LogP contribution in [0, 0.1) is 0 Å². The van der Waals surface area contributed by atoms with Crippen molar-refractivity contribution >= 4 is 51.2 Å². The van der Waals surface area contributed by atoms with Gasteiger partial charge in [-0.05, 0) is 59.3 Å². The molecule has 1 N–H and O–H groups in total. The number of hydrogen-bond donors (Lipinski definition) is 1. The van der Waals surface area contributed by atoms with Gasteiger partial charge in [-0.3, -0.25) is 0 Å². The Morgan fingerprint density at radius 3 is 2.02 bits per heavy atom. The summed E-state index contributed by atoms with van der Waals surface area (Å²) in [4.78, 5) is 10.6. The predicted molar refractivity (Wildman–Crippen MR) is 223 cm³/mol. The first-order valence-electron chi connectivity index (χ1n) is 18.0. The van der Waals surface area contributed by atoms with E-state index in [-0.39, 0.29) is 0 Å². The van der Waals surface area contributed by atoms with Gasteiger partial charge in [0, 0.05) is 39.0 Å². The number of anilines is 1. The maximum atomic E-state index is 5.38. The highest BCUT2D eigenvalue weighted by molar-refractivity contribution is 6.18. The van der Waals surface area contributed by atoms with Crippen molar-refractivity contribution in [1.82, 2.24) is 4.57 Å². The molecule has 53 heavy (non-hydrogen) atoms. The third-order valence-corrected chi connectivity index (χ3v) is 9.77. The molecular weight excluding hydrogens is 645 g/mol. The lowest BCUT2D eigenvalue weighted by Crippen LogP contribution is -2.27. The van der Waals surface area contributed by atoms with Gasteiger partial charge < -0.3 is 9.88 Å². The largest absolute Gasteiger partial charge is 0.359 e. The average molecular weight is 681 g/mol. The van der Waals surface area contributed by atoms with Gasteiger partial charge >= 0.3 is 0 Å². The van der Waals surface area contributed by atoms with Crippen molar-refractivity contribution in [1.29, 1.82) is 0 Å². The average Bonchev–Trinajstić information content (AvgIpc) is 3.53. The van der Waals surface area contributed by atoms with Crippen LogP contribution in [0.3, 0.4) is 0 Å². The highest BCUT2D eigenvalue weighted by Crippen LogP contribution is 2.47. The van der Waals surface area contributed by atoms with E-state index in [0.29, 0.717) is 5.84 Å². The standard InChI is InChI=1S/C49H36N4/c1-2-3-6-21-37-32-43-46-48(53(47(43)41-24-13-12-23-40(37)41)39-30-28-35(29-31-39)34-17-7-4-8-18-34)42-25-14-16-27-45(42)52-49(36-19-9-5-10-20-36)51-44-26-15-11-22-38(44)33-50-46/h2-33,50H,1H3/b3-2-,21-6-,38-33+,51-44?,52-49?. The lowest BCUT2D eigenvalue weighted by atomic mass is 9.99. The van der Waals surface area contributed by atoms with Gasteiger partial charge in [0.25, 0.3) is 0 Å². The van der Waals surface area contributed by atoms with Crippen LogP contribution in [0.5, 0.6) is 0 Å². The molecule has 0 amide bonds. The van der Waals surface area contributed by atoms with Gasteiger partial charge in [-0.1, -0.05) is 158 Å². The van der Waals surface area contributed by atoms with Crippen LogP contribution in [0.4, 0.5) is 11.4 Å². The van der Waals surface area contributed by atoms with Gasteiger partial charge in [0.2, 0.25) is 0 Å². The minimum Gasteiger partial charge on any atom is -0.359 e. The normalized spacial score (nSPS) is 13.3. The summed E-state index contributed by atoms with van der Waals surface area (Å²) in [6.07, 6.45) is 10.5. The molecule has 2 heterocycles. The highest BCUT2D eigenvalue weighted by Gasteiger charge is 2.25. The molecule has 0 fully saturated rings. The Kier molecular flexibility index (Phi) is 8.39. The highest BCUT2D eigenvalue weighted by atomic mass is 15.0. The summed E-state index contributed by atoms with van der Waals surface area (Å²) in [5.41, 5.74) is 10.5. The molecule has 0 unspecified atom stereocenters. The Morgan fingerprint density at radius 1 is 0.566 bits per heavy atom. The van der Waals surface area contributed by atoms with Gasteiger partial charge in [-0.25, -0.2) is 9.98 Å². The molecule has 252 valence electrons. The molecule has 0 radical (unpaired) electrons. The van der Waals surface area contributed by atoms with Gasteiger partial charge in [0.05, 0.1) is 27.9 Å². The minimum atomic E-state index is 0.652. The van der Waals surface area contributed by atoms with Gasteiger partial charge in [-0.2, -0.15) is 0 Å². The molecular formula is C49H36N4. The van der Waals surface area contributed by atoms with E-state index in [1.165, 1.54) is 21.9 Å². The van der Waals surface area contributed by atoms with Crippen LogP contribution in [-0.4, -0.2) is 10.4 Å². The molecule has 0 spiro atoms. The Morgan fingerprint density at radius 2 is 1.23 bits per heavy atom. The smallest absolute Gasteiger partial charge is 0.160 e. The molecule has 1 aliphatic rings. The summed E-state index contributed by atoms with van der Waals surface area (Å²) in [5.74, 6) is 0.652. The number of benzene rings is 7. The first-order chi connectivity index (χ1) is 26.3. The zero-order valence-electron chi connectivity index (χ0n) is 29.3. The first-order valence-corrected chi connectivity index (χ1v) is 18.0. The van der Waals surface area contributed by atoms with E-state index in [2.05, 4.69) is 174 Å². The van der Waals surface area contributed by atoms with Gasteiger partial charge in [-0.15, -0.1) is 0 Å². The summed E-state index contributed by atoms with van der Waals surface area (Å²) in [6.45, 7) is 2.04. The van der Waals surface area contributed by atoms with Crippen LogP contribution in [-0.2, 0) is 0 Å². The molecule has 0 aliphatic carbocycles. The minimum absolute atomic E-state index is 0.652. The topological polar surface area (TPSA) is 41.7 Å². The van der Waals surface area contributed by atoms with Crippen molar-refractivity contribution in [3.8, 4) is 28.1 Å². The summed E-state index contributed by atoms with van der Waals surface area (Å²) in [7, 11) is 0. The Hall–Kier alpha value is -7.04. The first kappa shape index (κ1) is 31.9. The maximum Gasteiger partial charge on any atom is 0.160 e. The third-order valence-electron chi connectivity index (χ3n) is 9.77. The number of hydrogen-bond acceptors (Lipinski definition) is 3. The van der Waals surface area contributed by atoms with Crippen LogP contribution in [0.15, 0.2) is 192 Å². The number of allylic oxidation sites excluding steroid dienone is 3. The van der Waals surface area contributed by atoms with Crippen molar-refractivity contribution in [2.24, 2.45) is 9.98 Å². The van der Waals surface area contributed by atoms with E-state index in [0.717, 1.165) is 60.9 Å². The number of aliphatic imine (C=N–C) groups is 1. The van der Waals surface area contributed by atoms with E-state index in [9.17, 15) is 0 Å². The van der Waals surface area contributed by atoms with Gasteiger partial charge in [0.15, 0.2) is 5.84 Å². The fourth-order valence-corrected chi connectivity index (χ4v) is 7.27. The number of para-hydroxylation sites is 2. The molecule has 0 saturated heterocycles. The number of nitrogens with one attached hydrogen (secondary N) is 1. The van der Waals surface area contributed by atoms with Crippen molar-refractivity contribution in [3.63, 3.8) is 0 Å². The number of aromatic nitrogens is 1. The van der Waals surface area contributed by atoms with Crippen molar-refractivity contribution < 1.29 is 0 Å². The predicted octanol–water partition coefficient (Wildman–Crippen LogP) is 11.3.